The molecule has 2 unspecified atom stereocenters. The highest BCUT2D eigenvalue weighted by Crippen LogP contribution is 2.23. The molecule has 3 aromatic carbocycles. The number of fused-ring (bicyclic) bond motifs is 1. The molecule has 1 aromatic heterocycles. The van der Waals surface area contributed by atoms with E-state index in [2.05, 4.69) is 36.5 Å². The van der Waals surface area contributed by atoms with Crippen LogP contribution in [0.15, 0.2) is 83.7 Å². The van der Waals surface area contributed by atoms with Crippen molar-refractivity contribution in [3.8, 4) is 0 Å². The summed E-state index contributed by atoms with van der Waals surface area (Å²) in [5, 5.41) is 3.16. The zero-order valence-corrected chi connectivity index (χ0v) is 20.9. The summed E-state index contributed by atoms with van der Waals surface area (Å²) in [4.78, 5) is 33.7. The summed E-state index contributed by atoms with van der Waals surface area (Å²) in [6.45, 7) is 5.73. The fourth-order valence-corrected chi connectivity index (χ4v) is 4.96. The number of hydrogen-bond donors (Lipinski definition) is 1. The predicted molar refractivity (Wildman–Crippen MR) is 144 cm³/mol. The minimum atomic E-state index is -0.192. The molecule has 4 aromatic rings. The van der Waals surface area contributed by atoms with E-state index >= 15 is 0 Å². The third-order valence-corrected chi connectivity index (χ3v) is 7.05. The van der Waals surface area contributed by atoms with E-state index in [0.29, 0.717) is 25.5 Å². The molecule has 0 bridgehead atoms. The first-order valence-corrected chi connectivity index (χ1v) is 12.6. The van der Waals surface area contributed by atoms with Crippen LogP contribution in [0.5, 0.6) is 0 Å². The first-order chi connectivity index (χ1) is 17.5. The van der Waals surface area contributed by atoms with E-state index in [1.54, 1.807) is 0 Å². The van der Waals surface area contributed by atoms with Crippen LogP contribution < -0.4 is 15.8 Å². The Balaban J connectivity index is 1.41. The standard InChI is InChI=1S/C30H32N4O2/c1-21-14-16-23(17-15-21)19-34-27-13-7-6-12-26(27)32-28(30(34)36)33-18-8-11-25(20-33)29(35)31-22(2)24-9-4-3-5-10-24/h3-7,9-10,12-17,22,25H,8,11,18-20H2,1-2H3,(H,31,35). The van der Waals surface area contributed by atoms with Crippen LogP contribution in [-0.4, -0.2) is 28.5 Å². The lowest BCUT2D eigenvalue weighted by Gasteiger charge is -2.33. The van der Waals surface area contributed by atoms with Crippen molar-refractivity contribution in [2.24, 2.45) is 5.92 Å². The summed E-state index contributed by atoms with van der Waals surface area (Å²) < 4.78 is 1.81. The molecule has 6 heteroatoms. The van der Waals surface area contributed by atoms with Gasteiger partial charge in [0, 0.05) is 13.1 Å². The molecule has 184 valence electrons. The Kier molecular flexibility index (Phi) is 6.85. The van der Waals surface area contributed by atoms with Crippen molar-refractivity contribution in [1.82, 2.24) is 14.9 Å². The number of benzene rings is 3. The number of nitrogens with one attached hydrogen (secondary N) is 1. The Hall–Kier alpha value is -3.93. The molecular weight excluding hydrogens is 448 g/mol. The Morgan fingerprint density at radius 1 is 1.03 bits per heavy atom. The van der Waals surface area contributed by atoms with Gasteiger partial charge >= 0.3 is 0 Å². The maximum atomic E-state index is 13.8. The lowest BCUT2D eigenvalue weighted by molar-refractivity contribution is -0.125. The largest absolute Gasteiger partial charge is 0.351 e. The number of aromatic nitrogens is 2. The van der Waals surface area contributed by atoms with Gasteiger partial charge in [0.2, 0.25) is 5.91 Å². The summed E-state index contributed by atoms with van der Waals surface area (Å²) in [7, 11) is 0. The zero-order valence-electron chi connectivity index (χ0n) is 20.9. The number of carbonyl (C=O) groups excluding carboxylic acids is 1. The molecular formula is C30H32N4O2. The summed E-state index contributed by atoms with van der Waals surface area (Å²) >= 11 is 0. The molecule has 1 amide bonds. The van der Waals surface area contributed by atoms with Gasteiger partial charge in [0.25, 0.3) is 5.56 Å². The van der Waals surface area contributed by atoms with Gasteiger partial charge < -0.3 is 10.2 Å². The number of hydrogen-bond acceptors (Lipinski definition) is 4. The average molecular weight is 481 g/mol. The third kappa shape index (κ3) is 5.03. The van der Waals surface area contributed by atoms with Crippen molar-refractivity contribution in [3.05, 3.63) is 106 Å². The first kappa shape index (κ1) is 23.8. The second kappa shape index (κ2) is 10.4. The lowest BCUT2D eigenvalue weighted by Crippen LogP contribution is -2.46. The van der Waals surface area contributed by atoms with Crippen LogP contribution in [0.25, 0.3) is 11.0 Å². The number of carbonyl (C=O) groups is 1. The van der Waals surface area contributed by atoms with Gasteiger partial charge in [0.15, 0.2) is 5.82 Å². The van der Waals surface area contributed by atoms with E-state index in [-0.39, 0.29) is 23.4 Å². The quantitative estimate of drug-likeness (QED) is 0.429. The van der Waals surface area contributed by atoms with Gasteiger partial charge in [0.1, 0.15) is 0 Å². The van der Waals surface area contributed by atoms with Gasteiger partial charge in [0.05, 0.1) is 29.5 Å². The second-order valence-electron chi connectivity index (χ2n) is 9.73. The predicted octanol–water partition coefficient (Wildman–Crippen LogP) is 4.85. The molecule has 2 heterocycles. The maximum Gasteiger partial charge on any atom is 0.294 e. The van der Waals surface area contributed by atoms with Gasteiger partial charge in [-0.15, -0.1) is 0 Å². The molecule has 2 atom stereocenters. The van der Waals surface area contributed by atoms with E-state index in [1.165, 1.54) is 5.56 Å². The summed E-state index contributed by atoms with van der Waals surface area (Å²) in [5.74, 6) is 0.259. The van der Waals surface area contributed by atoms with Crippen LogP contribution >= 0.6 is 0 Å². The van der Waals surface area contributed by atoms with Crippen molar-refractivity contribution >= 4 is 22.8 Å². The molecule has 0 aliphatic carbocycles. The fraction of sp³-hybridized carbons (Fsp3) is 0.300. The monoisotopic (exact) mass is 480 g/mol. The van der Waals surface area contributed by atoms with Crippen LogP contribution in [0.1, 0.15) is 42.5 Å². The summed E-state index contributed by atoms with van der Waals surface area (Å²) in [6.07, 6.45) is 1.64. The molecule has 1 fully saturated rings. The molecule has 6 nitrogen and oxygen atoms in total. The van der Waals surface area contributed by atoms with Crippen LogP contribution in [0.3, 0.4) is 0 Å². The molecule has 1 saturated heterocycles. The smallest absolute Gasteiger partial charge is 0.294 e. The number of para-hydroxylation sites is 2. The number of rotatable bonds is 6. The van der Waals surface area contributed by atoms with Gasteiger partial charge in [-0.1, -0.05) is 72.3 Å². The van der Waals surface area contributed by atoms with E-state index in [9.17, 15) is 9.59 Å². The minimum absolute atomic E-state index is 0.0248. The van der Waals surface area contributed by atoms with E-state index in [4.69, 9.17) is 4.98 Å². The van der Waals surface area contributed by atoms with Crippen molar-refractivity contribution in [3.63, 3.8) is 0 Å². The van der Waals surface area contributed by atoms with Crippen LogP contribution in [0.2, 0.25) is 0 Å². The topological polar surface area (TPSA) is 67.2 Å². The molecule has 0 spiro atoms. The molecule has 1 aliphatic heterocycles. The SMILES string of the molecule is Cc1ccc(Cn2c(=O)c(N3CCCC(C(=O)NC(C)c4ccccc4)C3)nc3ccccc32)cc1. The normalized spacial score (nSPS) is 16.6. The van der Waals surface area contributed by atoms with Gasteiger partial charge in [-0.2, -0.15) is 0 Å². The summed E-state index contributed by atoms with van der Waals surface area (Å²) in [5.41, 5.74) is 4.81. The highest BCUT2D eigenvalue weighted by molar-refractivity contribution is 5.80. The molecule has 1 aliphatic rings. The number of amides is 1. The van der Waals surface area contributed by atoms with Gasteiger partial charge in [-0.3, -0.25) is 14.2 Å². The van der Waals surface area contributed by atoms with Gasteiger partial charge in [-0.25, -0.2) is 4.98 Å². The molecule has 36 heavy (non-hydrogen) atoms. The number of aryl methyl sites for hydroxylation is 1. The maximum absolute atomic E-state index is 13.8. The van der Waals surface area contributed by atoms with Crippen molar-refractivity contribution in [2.75, 3.05) is 18.0 Å². The highest BCUT2D eigenvalue weighted by atomic mass is 16.2. The van der Waals surface area contributed by atoms with Crippen molar-refractivity contribution < 1.29 is 4.79 Å². The zero-order chi connectivity index (χ0) is 25.1. The Bertz CT molecular complexity index is 1410. The van der Waals surface area contributed by atoms with Crippen LogP contribution in [0, 0.1) is 12.8 Å². The Labute approximate surface area is 211 Å². The fourth-order valence-electron chi connectivity index (χ4n) is 4.96. The molecule has 1 N–H and O–H groups in total. The first-order valence-electron chi connectivity index (χ1n) is 12.6. The second-order valence-corrected chi connectivity index (χ2v) is 9.73. The van der Waals surface area contributed by atoms with Gasteiger partial charge in [-0.05, 0) is 49.9 Å². The lowest BCUT2D eigenvalue weighted by atomic mass is 9.96. The highest BCUT2D eigenvalue weighted by Gasteiger charge is 2.29. The minimum Gasteiger partial charge on any atom is -0.351 e. The van der Waals surface area contributed by atoms with E-state index in [0.717, 1.165) is 35.0 Å². The van der Waals surface area contributed by atoms with E-state index in [1.807, 2.05) is 71.0 Å². The summed E-state index contributed by atoms with van der Waals surface area (Å²) in [6, 6.07) is 25.9. The number of nitrogens with zero attached hydrogens (tertiary/aromatic N) is 3. The third-order valence-electron chi connectivity index (χ3n) is 7.05. The van der Waals surface area contributed by atoms with Crippen LogP contribution in [-0.2, 0) is 11.3 Å². The molecule has 0 radical (unpaired) electrons. The number of piperidine rings is 1. The molecule has 0 saturated carbocycles. The van der Waals surface area contributed by atoms with Crippen molar-refractivity contribution in [2.45, 2.75) is 39.3 Å². The Morgan fingerprint density at radius 3 is 2.53 bits per heavy atom. The van der Waals surface area contributed by atoms with E-state index < -0.39 is 0 Å². The van der Waals surface area contributed by atoms with Crippen molar-refractivity contribution in [1.29, 1.82) is 0 Å². The van der Waals surface area contributed by atoms with Crippen LogP contribution in [0.4, 0.5) is 5.82 Å². The average Bonchev–Trinajstić information content (AvgIpc) is 2.91. The Morgan fingerprint density at radius 2 is 1.75 bits per heavy atom. The molecule has 5 rings (SSSR count). The number of anilines is 1.